The molecule has 0 spiro atoms. The highest BCUT2D eigenvalue weighted by Gasteiger charge is 2.17. The second kappa shape index (κ2) is 11.2. The molecule has 31 heavy (non-hydrogen) atoms. The molecule has 3 aromatic rings. The number of hydrogen-bond donors (Lipinski definition) is 0. The van der Waals surface area contributed by atoms with E-state index in [1.165, 1.54) is 6.08 Å². The maximum absolute atomic E-state index is 11.9. The van der Waals surface area contributed by atoms with E-state index in [0.717, 1.165) is 33.9 Å². The molecule has 0 saturated carbocycles. The lowest BCUT2D eigenvalue weighted by Crippen LogP contribution is -2.05. The van der Waals surface area contributed by atoms with Gasteiger partial charge in [-0.25, -0.2) is 4.79 Å². The van der Waals surface area contributed by atoms with Crippen molar-refractivity contribution in [2.45, 2.75) is 26.9 Å². The molecule has 162 valence electrons. The Morgan fingerprint density at radius 2 is 1.81 bits per heavy atom. The standard InChI is InChI=1S/C26H28O5/c1-4-20-12-9-13-22-21(14-15-24(27)29-5-2)16-23(26(25(20)22)31-18-28-3)30-17-19-10-7-6-8-11-19/h6-16H,4-5,17-18H2,1-3H3/b15-14+. The van der Waals surface area contributed by atoms with Crippen LogP contribution in [-0.2, 0) is 27.3 Å². The van der Waals surface area contributed by atoms with Gasteiger partial charge in [-0.3, -0.25) is 0 Å². The molecule has 0 saturated heterocycles. The van der Waals surface area contributed by atoms with E-state index in [0.29, 0.717) is 24.7 Å². The lowest BCUT2D eigenvalue weighted by Gasteiger charge is -2.18. The Morgan fingerprint density at radius 3 is 2.52 bits per heavy atom. The maximum Gasteiger partial charge on any atom is 0.330 e. The molecule has 5 heteroatoms. The molecule has 0 atom stereocenters. The van der Waals surface area contributed by atoms with Gasteiger partial charge in [0.25, 0.3) is 0 Å². The highest BCUT2D eigenvalue weighted by Crippen LogP contribution is 2.41. The predicted molar refractivity (Wildman–Crippen MR) is 122 cm³/mol. The van der Waals surface area contributed by atoms with Crippen molar-refractivity contribution in [2.75, 3.05) is 20.5 Å². The molecule has 3 rings (SSSR count). The van der Waals surface area contributed by atoms with Gasteiger partial charge >= 0.3 is 5.97 Å². The van der Waals surface area contributed by atoms with Crippen molar-refractivity contribution in [1.29, 1.82) is 0 Å². The minimum Gasteiger partial charge on any atom is -0.485 e. The summed E-state index contributed by atoms with van der Waals surface area (Å²) in [4.78, 5) is 11.9. The summed E-state index contributed by atoms with van der Waals surface area (Å²) >= 11 is 0. The van der Waals surface area contributed by atoms with Gasteiger partial charge in [0.2, 0.25) is 0 Å². The number of fused-ring (bicyclic) bond motifs is 1. The predicted octanol–water partition coefficient (Wildman–Crippen LogP) is 5.54. The molecule has 5 nitrogen and oxygen atoms in total. The lowest BCUT2D eigenvalue weighted by molar-refractivity contribution is -0.137. The van der Waals surface area contributed by atoms with Crippen LogP contribution in [0, 0.1) is 0 Å². The number of aryl methyl sites for hydroxylation is 1. The van der Waals surface area contributed by atoms with Crippen LogP contribution in [0.3, 0.4) is 0 Å². The highest BCUT2D eigenvalue weighted by atomic mass is 16.7. The average Bonchev–Trinajstić information content (AvgIpc) is 2.80. The van der Waals surface area contributed by atoms with E-state index in [4.69, 9.17) is 18.9 Å². The quantitative estimate of drug-likeness (QED) is 0.245. The van der Waals surface area contributed by atoms with Gasteiger partial charge in [-0.1, -0.05) is 55.5 Å². The number of methoxy groups -OCH3 is 1. The van der Waals surface area contributed by atoms with E-state index < -0.39 is 0 Å². The minimum atomic E-state index is -0.381. The van der Waals surface area contributed by atoms with Crippen molar-refractivity contribution < 1.29 is 23.7 Å². The first kappa shape index (κ1) is 22.4. The molecule has 3 aromatic carbocycles. The van der Waals surface area contributed by atoms with Crippen molar-refractivity contribution in [1.82, 2.24) is 0 Å². The first-order valence-electron chi connectivity index (χ1n) is 10.4. The Morgan fingerprint density at radius 1 is 1.00 bits per heavy atom. The largest absolute Gasteiger partial charge is 0.485 e. The number of carbonyl (C=O) groups excluding carboxylic acids is 1. The molecule has 0 heterocycles. The van der Waals surface area contributed by atoms with Crippen molar-refractivity contribution in [3.05, 3.63) is 77.4 Å². The van der Waals surface area contributed by atoms with Gasteiger partial charge in [-0.2, -0.15) is 0 Å². The van der Waals surface area contributed by atoms with Crippen LogP contribution >= 0.6 is 0 Å². The molecule has 0 radical (unpaired) electrons. The van der Waals surface area contributed by atoms with Gasteiger partial charge in [0.1, 0.15) is 6.61 Å². The minimum absolute atomic E-state index is 0.104. The van der Waals surface area contributed by atoms with Gasteiger partial charge in [-0.15, -0.1) is 0 Å². The first-order valence-corrected chi connectivity index (χ1v) is 10.4. The molecule has 0 bridgehead atoms. The zero-order valence-corrected chi connectivity index (χ0v) is 18.2. The number of rotatable bonds is 10. The van der Waals surface area contributed by atoms with Gasteiger partial charge in [0, 0.05) is 18.6 Å². The summed E-state index contributed by atoms with van der Waals surface area (Å²) < 4.78 is 22.4. The van der Waals surface area contributed by atoms with Gasteiger partial charge in [0.15, 0.2) is 18.3 Å². The average molecular weight is 421 g/mol. The third-order valence-electron chi connectivity index (χ3n) is 4.82. The Labute approximate surface area is 183 Å². The topological polar surface area (TPSA) is 54.0 Å². The summed E-state index contributed by atoms with van der Waals surface area (Å²) in [6, 6.07) is 17.9. The fraction of sp³-hybridized carbons (Fsp3) is 0.269. The number of ether oxygens (including phenoxy) is 4. The SMILES string of the molecule is CCOC(=O)/C=C/c1cc(OCc2ccccc2)c(OCOC)c2c(CC)cccc12. The Bertz CT molecular complexity index is 1040. The normalized spacial score (nSPS) is 11.1. The Kier molecular flexibility index (Phi) is 8.07. The third kappa shape index (κ3) is 5.64. The number of carbonyl (C=O) groups is 1. The van der Waals surface area contributed by atoms with Crippen molar-refractivity contribution in [3.63, 3.8) is 0 Å². The molecule has 0 unspecified atom stereocenters. The summed E-state index contributed by atoms with van der Waals surface area (Å²) in [6.07, 6.45) is 4.02. The second-order valence-electron chi connectivity index (χ2n) is 6.90. The fourth-order valence-corrected chi connectivity index (χ4v) is 3.40. The number of benzene rings is 3. The Balaban J connectivity index is 2.12. The maximum atomic E-state index is 11.9. The second-order valence-corrected chi connectivity index (χ2v) is 6.90. The summed E-state index contributed by atoms with van der Waals surface area (Å²) in [5.74, 6) is 0.852. The van der Waals surface area contributed by atoms with Crippen LogP contribution in [0.4, 0.5) is 0 Å². The van der Waals surface area contributed by atoms with Crippen LogP contribution in [0.5, 0.6) is 11.5 Å². The monoisotopic (exact) mass is 420 g/mol. The summed E-state index contributed by atoms with van der Waals surface area (Å²) in [7, 11) is 1.59. The van der Waals surface area contributed by atoms with E-state index in [1.807, 2.05) is 48.5 Å². The molecular formula is C26H28O5. The number of esters is 1. The zero-order valence-electron chi connectivity index (χ0n) is 18.2. The van der Waals surface area contributed by atoms with Crippen molar-refractivity contribution in [3.8, 4) is 11.5 Å². The molecule has 0 aliphatic rings. The van der Waals surface area contributed by atoms with E-state index in [9.17, 15) is 4.79 Å². The smallest absolute Gasteiger partial charge is 0.330 e. The third-order valence-corrected chi connectivity index (χ3v) is 4.82. The van der Waals surface area contributed by atoms with Crippen molar-refractivity contribution >= 4 is 22.8 Å². The molecular weight excluding hydrogens is 392 g/mol. The fourth-order valence-electron chi connectivity index (χ4n) is 3.40. The van der Waals surface area contributed by atoms with E-state index >= 15 is 0 Å². The number of hydrogen-bond acceptors (Lipinski definition) is 5. The van der Waals surface area contributed by atoms with Gasteiger partial charge < -0.3 is 18.9 Å². The molecule has 0 aromatic heterocycles. The van der Waals surface area contributed by atoms with Crippen LogP contribution in [0.25, 0.3) is 16.8 Å². The molecule has 0 aliphatic heterocycles. The van der Waals surface area contributed by atoms with E-state index in [1.54, 1.807) is 20.1 Å². The van der Waals surface area contributed by atoms with E-state index in [-0.39, 0.29) is 12.8 Å². The molecule has 0 amide bonds. The molecule has 0 fully saturated rings. The zero-order chi connectivity index (χ0) is 22.1. The highest BCUT2D eigenvalue weighted by molar-refractivity contribution is 6.01. The van der Waals surface area contributed by atoms with Gasteiger partial charge in [-0.05, 0) is 47.6 Å². The van der Waals surface area contributed by atoms with Crippen LogP contribution in [-0.4, -0.2) is 26.5 Å². The Hall–Kier alpha value is -3.31. The van der Waals surface area contributed by atoms with Gasteiger partial charge in [0.05, 0.1) is 6.61 Å². The molecule has 0 N–H and O–H groups in total. The van der Waals surface area contributed by atoms with Crippen LogP contribution in [0.15, 0.2) is 60.7 Å². The summed E-state index contributed by atoms with van der Waals surface area (Å²) in [5, 5.41) is 1.93. The van der Waals surface area contributed by atoms with Crippen LogP contribution in [0.1, 0.15) is 30.5 Å². The van der Waals surface area contributed by atoms with Crippen LogP contribution < -0.4 is 9.47 Å². The lowest BCUT2D eigenvalue weighted by atomic mass is 9.96. The summed E-state index contributed by atoms with van der Waals surface area (Å²) in [6.45, 7) is 4.71. The summed E-state index contributed by atoms with van der Waals surface area (Å²) in [5.41, 5.74) is 3.03. The van der Waals surface area contributed by atoms with Crippen molar-refractivity contribution in [2.24, 2.45) is 0 Å². The first-order chi connectivity index (χ1) is 15.2. The van der Waals surface area contributed by atoms with E-state index in [2.05, 4.69) is 13.0 Å². The van der Waals surface area contributed by atoms with Crippen LogP contribution in [0.2, 0.25) is 0 Å². The molecule has 0 aliphatic carbocycles.